The van der Waals surface area contributed by atoms with E-state index >= 15 is 0 Å². The van der Waals surface area contributed by atoms with Crippen molar-refractivity contribution in [1.82, 2.24) is 24.8 Å². The fourth-order valence-electron chi connectivity index (χ4n) is 0.957. The van der Waals surface area contributed by atoms with Gasteiger partial charge in [0, 0.05) is 61.4 Å². The second kappa shape index (κ2) is 7.64. The van der Waals surface area contributed by atoms with Crippen molar-refractivity contribution in [3.05, 3.63) is 24.8 Å². The van der Waals surface area contributed by atoms with Crippen LogP contribution in [0.15, 0.2) is 24.8 Å². The quantitative estimate of drug-likeness (QED) is 0.549. The van der Waals surface area contributed by atoms with Crippen LogP contribution in [0.1, 0.15) is 0 Å². The van der Waals surface area contributed by atoms with Crippen LogP contribution in [0.2, 0.25) is 0 Å². The highest BCUT2D eigenvalue weighted by Crippen LogP contribution is 1.93. The van der Waals surface area contributed by atoms with E-state index in [0.717, 1.165) is 13.1 Å². The van der Waals surface area contributed by atoms with Crippen LogP contribution in [0, 0.1) is 0 Å². The summed E-state index contributed by atoms with van der Waals surface area (Å²) >= 11 is 11.7. The molecule has 0 saturated heterocycles. The maximum atomic E-state index is 5.85. The molecule has 0 atom stereocenters. The van der Waals surface area contributed by atoms with Crippen LogP contribution in [-0.4, -0.2) is 35.3 Å². The average Bonchev–Trinajstić information content (AvgIpc) is 2.23. The minimum absolute atomic E-state index is 0.593. The molecule has 0 aromatic rings. The van der Waals surface area contributed by atoms with Crippen LogP contribution in [0.3, 0.4) is 0 Å². The number of rotatable bonds is 0. The first-order valence-corrected chi connectivity index (χ1v) is 5.32. The minimum Gasteiger partial charge on any atom is -0.365 e. The van der Waals surface area contributed by atoms with Crippen LogP contribution >= 0.6 is 23.6 Å². The molecule has 1 rings (SSSR count). The SMILES string of the molecule is ClN1/C=C\N/C=C\N(Cl)CNCCNC1. The van der Waals surface area contributed by atoms with E-state index in [4.69, 9.17) is 23.6 Å². The zero-order valence-electron chi connectivity index (χ0n) is 8.29. The summed E-state index contributed by atoms with van der Waals surface area (Å²) < 4.78 is 3.05. The maximum Gasteiger partial charge on any atom is 0.0837 e. The monoisotopic (exact) mass is 251 g/mol. The topological polar surface area (TPSA) is 42.6 Å². The Balaban J connectivity index is 2.38. The Morgan fingerprint density at radius 2 is 1.33 bits per heavy atom. The summed E-state index contributed by atoms with van der Waals surface area (Å²) in [6.45, 7) is 2.85. The molecule has 5 nitrogen and oxygen atoms in total. The largest absolute Gasteiger partial charge is 0.365 e. The molecule has 15 heavy (non-hydrogen) atoms. The Hall–Kier alpha value is -0.620. The van der Waals surface area contributed by atoms with E-state index in [1.165, 1.54) is 8.84 Å². The third-order valence-corrected chi connectivity index (χ3v) is 2.13. The maximum absolute atomic E-state index is 5.85. The molecule has 0 aromatic heterocycles. The zero-order valence-corrected chi connectivity index (χ0v) is 9.80. The predicted molar refractivity (Wildman–Crippen MR) is 62.5 cm³/mol. The van der Waals surface area contributed by atoms with E-state index in [-0.39, 0.29) is 0 Å². The van der Waals surface area contributed by atoms with Crippen molar-refractivity contribution in [3.63, 3.8) is 0 Å². The van der Waals surface area contributed by atoms with Crippen molar-refractivity contribution in [1.29, 1.82) is 0 Å². The van der Waals surface area contributed by atoms with Crippen molar-refractivity contribution in [2.24, 2.45) is 0 Å². The van der Waals surface area contributed by atoms with Crippen LogP contribution in [0.25, 0.3) is 0 Å². The van der Waals surface area contributed by atoms with Crippen LogP contribution < -0.4 is 16.0 Å². The van der Waals surface area contributed by atoms with Crippen molar-refractivity contribution in [2.75, 3.05) is 26.4 Å². The molecule has 0 unspecified atom stereocenters. The number of hydrogen-bond donors (Lipinski definition) is 3. The van der Waals surface area contributed by atoms with E-state index in [1.54, 1.807) is 24.8 Å². The first-order valence-electron chi connectivity index (χ1n) is 4.65. The molecule has 3 N–H and O–H groups in total. The number of hydrogen-bond acceptors (Lipinski definition) is 5. The van der Waals surface area contributed by atoms with Gasteiger partial charge in [-0.1, -0.05) is 0 Å². The third kappa shape index (κ3) is 6.46. The molecule has 0 bridgehead atoms. The van der Waals surface area contributed by atoms with Gasteiger partial charge < -0.3 is 5.32 Å². The lowest BCUT2D eigenvalue weighted by atomic mass is 10.6. The van der Waals surface area contributed by atoms with Gasteiger partial charge in [0.1, 0.15) is 0 Å². The van der Waals surface area contributed by atoms with Gasteiger partial charge in [0.25, 0.3) is 0 Å². The lowest BCUT2D eigenvalue weighted by molar-refractivity contribution is 0.472. The first-order chi connectivity index (χ1) is 7.29. The van der Waals surface area contributed by atoms with E-state index < -0.39 is 0 Å². The summed E-state index contributed by atoms with van der Waals surface area (Å²) in [5, 5.41) is 9.23. The average molecular weight is 252 g/mol. The Kier molecular flexibility index (Phi) is 6.34. The second-order valence-electron chi connectivity index (χ2n) is 2.91. The predicted octanol–water partition coefficient (Wildman–Crippen LogP) is 0.538. The van der Waals surface area contributed by atoms with Gasteiger partial charge in [-0.05, 0) is 0 Å². The van der Waals surface area contributed by atoms with Crippen LogP contribution in [-0.2, 0) is 0 Å². The summed E-state index contributed by atoms with van der Waals surface area (Å²) in [7, 11) is 0. The van der Waals surface area contributed by atoms with Crippen molar-refractivity contribution in [2.45, 2.75) is 0 Å². The molecule has 0 fully saturated rings. The summed E-state index contributed by atoms with van der Waals surface area (Å²) in [6.07, 6.45) is 6.90. The van der Waals surface area contributed by atoms with Gasteiger partial charge in [0.15, 0.2) is 0 Å². The highest BCUT2D eigenvalue weighted by molar-refractivity contribution is 6.14. The lowest BCUT2D eigenvalue weighted by Gasteiger charge is -2.13. The molecule has 7 heteroatoms. The molecule has 0 radical (unpaired) electrons. The highest BCUT2D eigenvalue weighted by Gasteiger charge is 1.95. The fourth-order valence-corrected chi connectivity index (χ4v) is 1.24. The van der Waals surface area contributed by atoms with E-state index in [0.29, 0.717) is 13.3 Å². The normalized spacial score (nSPS) is 24.4. The lowest BCUT2D eigenvalue weighted by Crippen LogP contribution is -2.34. The molecule has 86 valence electrons. The van der Waals surface area contributed by atoms with E-state index in [1.807, 2.05) is 0 Å². The summed E-state index contributed by atoms with van der Waals surface area (Å²) in [6, 6.07) is 0. The van der Waals surface area contributed by atoms with Gasteiger partial charge in [-0.15, -0.1) is 0 Å². The van der Waals surface area contributed by atoms with Gasteiger partial charge in [-0.3, -0.25) is 19.5 Å². The summed E-state index contributed by atoms with van der Waals surface area (Å²) in [5.41, 5.74) is 0. The number of nitrogens with zero attached hydrogens (tertiary/aromatic N) is 2. The molecular weight excluding hydrogens is 237 g/mol. The Bertz CT molecular complexity index is 199. The van der Waals surface area contributed by atoms with Gasteiger partial charge >= 0.3 is 0 Å². The smallest absolute Gasteiger partial charge is 0.0837 e. The van der Waals surface area contributed by atoms with Crippen LogP contribution in [0.4, 0.5) is 0 Å². The molecule has 1 aliphatic rings. The first kappa shape index (κ1) is 12.4. The summed E-state index contributed by atoms with van der Waals surface area (Å²) in [4.78, 5) is 0. The Morgan fingerprint density at radius 1 is 0.867 bits per heavy atom. The molecule has 0 amide bonds. The minimum atomic E-state index is 0.593. The van der Waals surface area contributed by atoms with Crippen LogP contribution in [0.5, 0.6) is 0 Å². The fraction of sp³-hybridized carbons (Fsp3) is 0.500. The van der Waals surface area contributed by atoms with E-state index in [2.05, 4.69) is 16.0 Å². The van der Waals surface area contributed by atoms with Crippen molar-refractivity contribution >= 4 is 23.6 Å². The zero-order chi connectivity index (χ0) is 10.9. The molecular formula is C8H15Cl2N5. The van der Waals surface area contributed by atoms with Crippen molar-refractivity contribution < 1.29 is 0 Å². The molecule has 0 aromatic carbocycles. The standard InChI is InChI=1S/C8H15Cl2N5/c9-14-5-3-11-4-6-15(10)8-13-2-1-12-7-14/h3-6,11-13H,1-2,7-8H2/b5-3-,6-4-. The van der Waals surface area contributed by atoms with Gasteiger partial charge in [0.2, 0.25) is 0 Å². The molecule has 0 aliphatic carbocycles. The number of halogens is 2. The molecule has 0 saturated carbocycles. The summed E-state index contributed by atoms with van der Waals surface area (Å²) in [5.74, 6) is 0. The second-order valence-corrected chi connectivity index (χ2v) is 3.78. The molecule has 1 heterocycles. The van der Waals surface area contributed by atoms with E-state index in [9.17, 15) is 0 Å². The van der Waals surface area contributed by atoms with Gasteiger partial charge in [-0.2, -0.15) is 0 Å². The third-order valence-electron chi connectivity index (χ3n) is 1.67. The van der Waals surface area contributed by atoms with Crippen molar-refractivity contribution in [3.8, 4) is 0 Å². The molecule has 1 aliphatic heterocycles. The Labute approximate surface area is 99.9 Å². The number of nitrogens with one attached hydrogen (secondary N) is 3. The highest BCUT2D eigenvalue weighted by atomic mass is 35.5. The van der Waals surface area contributed by atoms with Gasteiger partial charge in [0.05, 0.1) is 13.3 Å². The molecule has 0 spiro atoms. The van der Waals surface area contributed by atoms with Gasteiger partial charge in [-0.25, -0.2) is 0 Å². The Morgan fingerprint density at radius 3 is 1.80 bits per heavy atom.